The van der Waals surface area contributed by atoms with Gasteiger partial charge in [-0.3, -0.25) is 19.6 Å². The predicted molar refractivity (Wildman–Crippen MR) is 110 cm³/mol. The molecule has 29 heavy (non-hydrogen) atoms. The summed E-state index contributed by atoms with van der Waals surface area (Å²) in [4.78, 5) is 37.0. The third kappa shape index (κ3) is 6.14. The fraction of sp³-hybridized carbons (Fsp3) is 0.667. The molecule has 3 heterocycles. The van der Waals surface area contributed by atoms with Gasteiger partial charge in [0.15, 0.2) is 0 Å². The standard InChI is InChI=1S/C21H33N5O3/c1-3-29-21(28)25-13-11-24(12-14-25)19-5-4-10-26(16-19)20(27)17-23(2)15-18-6-8-22-9-7-18/h6-9,19H,3-5,10-17H2,1-2H3. The SMILES string of the molecule is CCOC(=O)N1CCN(C2CCCN(C(=O)CN(C)Cc3ccncc3)C2)CC1. The molecule has 0 bridgehead atoms. The maximum atomic E-state index is 12.8. The van der Waals surface area contributed by atoms with Crippen molar-refractivity contribution >= 4 is 12.0 Å². The number of aromatic nitrogens is 1. The van der Waals surface area contributed by atoms with Crippen molar-refractivity contribution in [3.8, 4) is 0 Å². The lowest BCUT2D eigenvalue weighted by Crippen LogP contribution is -2.57. The molecule has 1 aromatic heterocycles. The van der Waals surface area contributed by atoms with Gasteiger partial charge in [0, 0.05) is 64.2 Å². The average molecular weight is 404 g/mol. The molecule has 3 rings (SSSR count). The number of likely N-dealkylation sites (N-methyl/N-ethyl adjacent to an activating group) is 1. The number of carbonyl (C=O) groups excluding carboxylic acids is 2. The minimum Gasteiger partial charge on any atom is -0.450 e. The fourth-order valence-electron chi connectivity index (χ4n) is 4.15. The zero-order valence-corrected chi connectivity index (χ0v) is 17.6. The summed E-state index contributed by atoms with van der Waals surface area (Å²) in [5, 5.41) is 0. The number of piperazine rings is 1. The van der Waals surface area contributed by atoms with Gasteiger partial charge in [0.2, 0.25) is 5.91 Å². The molecule has 160 valence electrons. The lowest BCUT2D eigenvalue weighted by Gasteiger charge is -2.43. The van der Waals surface area contributed by atoms with E-state index in [1.54, 1.807) is 17.3 Å². The quantitative estimate of drug-likeness (QED) is 0.713. The van der Waals surface area contributed by atoms with Gasteiger partial charge in [0.25, 0.3) is 0 Å². The highest BCUT2D eigenvalue weighted by Gasteiger charge is 2.31. The Morgan fingerprint density at radius 2 is 1.86 bits per heavy atom. The smallest absolute Gasteiger partial charge is 0.409 e. The summed E-state index contributed by atoms with van der Waals surface area (Å²) in [6, 6.07) is 4.34. The number of hydrogen-bond acceptors (Lipinski definition) is 6. The molecule has 1 aromatic rings. The highest BCUT2D eigenvalue weighted by Crippen LogP contribution is 2.18. The highest BCUT2D eigenvalue weighted by atomic mass is 16.6. The number of nitrogens with zero attached hydrogens (tertiary/aromatic N) is 5. The van der Waals surface area contributed by atoms with Crippen molar-refractivity contribution in [2.75, 3.05) is 59.5 Å². The summed E-state index contributed by atoms with van der Waals surface area (Å²) >= 11 is 0. The monoisotopic (exact) mass is 403 g/mol. The summed E-state index contributed by atoms with van der Waals surface area (Å²) in [7, 11) is 1.98. The topological polar surface area (TPSA) is 69.2 Å². The molecule has 2 aliphatic heterocycles. The van der Waals surface area contributed by atoms with E-state index >= 15 is 0 Å². The second-order valence-corrected chi connectivity index (χ2v) is 7.89. The second kappa shape index (κ2) is 10.5. The Morgan fingerprint density at radius 1 is 1.14 bits per heavy atom. The summed E-state index contributed by atoms with van der Waals surface area (Å²) in [6.45, 7) is 8.08. The van der Waals surface area contributed by atoms with Crippen molar-refractivity contribution in [3.63, 3.8) is 0 Å². The summed E-state index contributed by atoms with van der Waals surface area (Å²) < 4.78 is 5.10. The van der Waals surface area contributed by atoms with Crippen LogP contribution in [0.3, 0.4) is 0 Å². The van der Waals surface area contributed by atoms with Crippen LogP contribution in [0.4, 0.5) is 4.79 Å². The molecule has 0 N–H and O–H groups in total. The van der Waals surface area contributed by atoms with Crippen LogP contribution in [-0.2, 0) is 16.1 Å². The molecule has 0 radical (unpaired) electrons. The highest BCUT2D eigenvalue weighted by molar-refractivity contribution is 5.78. The van der Waals surface area contributed by atoms with E-state index in [0.29, 0.717) is 32.3 Å². The van der Waals surface area contributed by atoms with Crippen LogP contribution >= 0.6 is 0 Å². The fourth-order valence-corrected chi connectivity index (χ4v) is 4.15. The molecule has 1 unspecified atom stereocenters. The lowest BCUT2D eigenvalue weighted by atomic mass is 10.0. The molecule has 1 atom stereocenters. The molecular formula is C21H33N5O3. The van der Waals surface area contributed by atoms with E-state index in [4.69, 9.17) is 4.74 Å². The Balaban J connectivity index is 1.45. The van der Waals surface area contributed by atoms with Crippen LogP contribution in [0.15, 0.2) is 24.5 Å². The molecule has 2 fully saturated rings. The van der Waals surface area contributed by atoms with Crippen molar-refractivity contribution in [2.24, 2.45) is 0 Å². The van der Waals surface area contributed by atoms with Gasteiger partial charge in [-0.25, -0.2) is 4.79 Å². The summed E-state index contributed by atoms with van der Waals surface area (Å²) in [5.74, 6) is 0.191. The van der Waals surface area contributed by atoms with Crippen molar-refractivity contribution in [3.05, 3.63) is 30.1 Å². The predicted octanol–water partition coefficient (Wildman–Crippen LogP) is 1.28. The number of hydrogen-bond donors (Lipinski definition) is 0. The van der Waals surface area contributed by atoms with Gasteiger partial charge in [-0.1, -0.05) is 0 Å². The van der Waals surface area contributed by atoms with Crippen LogP contribution in [0.5, 0.6) is 0 Å². The summed E-state index contributed by atoms with van der Waals surface area (Å²) in [6.07, 6.45) is 5.48. The number of carbonyl (C=O) groups is 2. The van der Waals surface area contributed by atoms with Crippen LogP contribution in [0.25, 0.3) is 0 Å². The zero-order valence-electron chi connectivity index (χ0n) is 17.6. The van der Waals surface area contributed by atoms with E-state index in [-0.39, 0.29) is 12.0 Å². The molecule has 2 saturated heterocycles. The number of ether oxygens (including phenoxy) is 1. The Labute approximate surface area is 173 Å². The first-order valence-electron chi connectivity index (χ1n) is 10.6. The van der Waals surface area contributed by atoms with Crippen LogP contribution < -0.4 is 0 Å². The molecule has 2 aliphatic rings. The maximum absolute atomic E-state index is 12.8. The number of amides is 2. The van der Waals surface area contributed by atoms with E-state index < -0.39 is 0 Å². The van der Waals surface area contributed by atoms with Crippen molar-refractivity contribution < 1.29 is 14.3 Å². The van der Waals surface area contributed by atoms with Crippen LogP contribution in [0, 0.1) is 0 Å². The molecule has 0 saturated carbocycles. The Morgan fingerprint density at radius 3 is 2.55 bits per heavy atom. The first-order chi connectivity index (χ1) is 14.1. The van der Waals surface area contributed by atoms with Gasteiger partial charge in [0.1, 0.15) is 0 Å². The normalized spacial score (nSPS) is 20.7. The number of rotatable bonds is 6. The maximum Gasteiger partial charge on any atom is 0.409 e. The van der Waals surface area contributed by atoms with Crippen molar-refractivity contribution in [1.29, 1.82) is 0 Å². The molecular weight excluding hydrogens is 370 g/mol. The molecule has 0 aliphatic carbocycles. The van der Waals surface area contributed by atoms with E-state index in [9.17, 15) is 9.59 Å². The minimum atomic E-state index is -0.218. The van der Waals surface area contributed by atoms with Gasteiger partial charge < -0.3 is 14.5 Å². The van der Waals surface area contributed by atoms with Gasteiger partial charge >= 0.3 is 6.09 Å². The Kier molecular flexibility index (Phi) is 7.83. The molecule has 0 spiro atoms. The first-order valence-corrected chi connectivity index (χ1v) is 10.6. The second-order valence-electron chi connectivity index (χ2n) is 7.89. The average Bonchev–Trinajstić information content (AvgIpc) is 2.75. The van der Waals surface area contributed by atoms with E-state index in [0.717, 1.165) is 51.1 Å². The van der Waals surface area contributed by atoms with Crippen LogP contribution in [0.2, 0.25) is 0 Å². The first kappa shape index (κ1) is 21.5. The van der Waals surface area contributed by atoms with Crippen molar-refractivity contribution in [1.82, 2.24) is 24.6 Å². The van der Waals surface area contributed by atoms with Crippen molar-refractivity contribution in [2.45, 2.75) is 32.4 Å². The lowest BCUT2D eigenvalue weighted by molar-refractivity contribution is -0.134. The molecule has 8 nitrogen and oxygen atoms in total. The largest absolute Gasteiger partial charge is 0.450 e. The van der Waals surface area contributed by atoms with Gasteiger partial charge in [-0.05, 0) is 44.5 Å². The third-order valence-electron chi connectivity index (χ3n) is 5.71. The third-order valence-corrected chi connectivity index (χ3v) is 5.71. The van der Waals surface area contributed by atoms with E-state index in [1.165, 1.54) is 0 Å². The number of piperidine rings is 1. The Hall–Kier alpha value is -2.19. The van der Waals surface area contributed by atoms with Gasteiger partial charge in [-0.2, -0.15) is 0 Å². The molecule has 8 heteroatoms. The minimum absolute atomic E-state index is 0.191. The van der Waals surface area contributed by atoms with Gasteiger partial charge in [-0.15, -0.1) is 0 Å². The number of pyridine rings is 1. The van der Waals surface area contributed by atoms with Gasteiger partial charge in [0.05, 0.1) is 13.2 Å². The van der Waals surface area contributed by atoms with E-state index in [1.807, 2.05) is 31.0 Å². The van der Waals surface area contributed by atoms with E-state index in [2.05, 4.69) is 14.8 Å². The summed E-state index contributed by atoms with van der Waals surface area (Å²) in [5.41, 5.74) is 1.16. The van der Waals surface area contributed by atoms with Crippen LogP contribution in [0.1, 0.15) is 25.3 Å². The number of likely N-dealkylation sites (tertiary alicyclic amines) is 1. The van der Waals surface area contributed by atoms with Crippen LogP contribution in [-0.4, -0.2) is 102 Å². The zero-order chi connectivity index (χ0) is 20.6. The Bertz CT molecular complexity index is 664. The molecule has 2 amide bonds. The molecule has 0 aromatic carbocycles.